The Hall–Kier alpha value is -1.47. The van der Waals surface area contributed by atoms with Gasteiger partial charge in [-0.3, -0.25) is 4.79 Å². The number of nitrogens with two attached hydrogens (primary N) is 1. The van der Waals surface area contributed by atoms with E-state index in [1.54, 1.807) is 18.2 Å². The summed E-state index contributed by atoms with van der Waals surface area (Å²) in [7, 11) is 0. The first-order chi connectivity index (χ1) is 11.5. The number of hydrogen-bond acceptors (Lipinski definition) is 5. The molecule has 1 aliphatic carbocycles. The number of hydrogen-bond donors (Lipinski definition) is 2. The minimum Gasteiger partial charge on any atom is -0.482 e. The molecule has 3 N–H and O–H groups in total. The minimum atomic E-state index is -0.322. The van der Waals surface area contributed by atoms with Gasteiger partial charge in [-0.15, -0.1) is 12.4 Å². The zero-order valence-electron chi connectivity index (χ0n) is 13.2. The van der Waals surface area contributed by atoms with Crippen LogP contribution in [0.5, 0.6) is 5.75 Å². The molecule has 1 aliphatic rings. The maximum Gasteiger partial charge on any atom is 0.273 e. The second-order valence-electron chi connectivity index (χ2n) is 5.73. The SMILES string of the molecule is Cl.NC(CNC(=O)c1cc(COc2c(Cl)cccc2Cl)on1)C1CC1. The van der Waals surface area contributed by atoms with Crippen LogP contribution in [0.2, 0.25) is 10.0 Å². The van der Waals surface area contributed by atoms with E-state index in [1.807, 2.05) is 0 Å². The molecule has 6 nitrogen and oxygen atoms in total. The van der Waals surface area contributed by atoms with Gasteiger partial charge in [0.2, 0.25) is 0 Å². The van der Waals surface area contributed by atoms with E-state index in [9.17, 15) is 4.79 Å². The Bertz CT molecular complexity index is 714. The van der Waals surface area contributed by atoms with E-state index >= 15 is 0 Å². The summed E-state index contributed by atoms with van der Waals surface area (Å²) in [5.41, 5.74) is 6.13. The number of aromatic nitrogens is 1. The molecule has 0 aliphatic heterocycles. The lowest BCUT2D eigenvalue weighted by atomic mass is 10.2. The van der Waals surface area contributed by atoms with Crippen molar-refractivity contribution >= 4 is 41.5 Å². The largest absolute Gasteiger partial charge is 0.482 e. The molecule has 2 aromatic rings. The zero-order valence-corrected chi connectivity index (χ0v) is 15.5. The third-order valence-electron chi connectivity index (χ3n) is 3.80. The number of ether oxygens (including phenoxy) is 1. The van der Waals surface area contributed by atoms with Crippen molar-refractivity contribution in [2.45, 2.75) is 25.5 Å². The monoisotopic (exact) mass is 405 g/mol. The number of rotatable bonds is 7. The normalized spacial score (nSPS) is 14.5. The smallest absolute Gasteiger partial charge is 0.273 e. The molecular weight excluding hydrogens is 389 g/mol. The lowest BCUT2D eigenvalue weighted by molar-refractivity contribution is 0.0941. The van der Waals surface area contributed by atoms with E-state index in [4.69, 9.17) is 38.2 Å². The topological polar surface area (TPSA) is 90.4 Å². The van der Waals surface area contributed by atoms with Crippen LogP contribution in [0.15, 0.2) is 28.8 Å². The van der Waals surface area contributed by atoms with Crippen LogP contribution in [-0.2, 0) is 6.61 Å². The number of nitrogens with one attached hydrogen (secondary N) is 1. The van der Waals surface area contributed by atoms with Gasteiger partial charge in [-0.05, 0) is 30.9 Å². The van der Waals surface area contributed by atoms with Gasteiger partial charge >= 0.3 is 0 Å². The van der Waals surface area contributed by atoms with Crippen molar-refractivity contribution in [2.75, 3.05) is 6.54 Å². The molecule has 0 saturated heterocycles. The molecule has 0 spiro atoms. The first-order valence-electron chi connectivity index (χ1n) is 7.61. The molecule has 0 bridgehead atoms. The summed E-state index contributed by atoms with van der Waals surface area (Å²) >= 11 is 12.0. The van der Waals surface area contributed by atoms with Crippen LogP contribution in [0.1, 0.15) is 29.1 Å². The third-order valence-corrected chi connectivity index (χ3v) is 4.39. The molecule has 0 radical (unpaired) electrons. The van der Waals surface area contributed by atoms with Crippen molar-refractivity contribution in [1.82, 2.24) is 10.5 Å². The summed E-state index contributed by atoms with van der Waals surface area (Å²) in [4.78, 5) is 12.0. The Kier molecular flexibility index (Phi) is 6.95. The van der Waals surface area contributed by atoms with Gasteiger partial charge in [0, 0.05) is 18.7 Å². The predicted octanol–water partition coefficient (Wildman–Crippen LogP) is 3.45. The Morgan fingerprint density at radius 2 is 2.08 bits per heavy atom. The fourth-order valence-electron chi connectivity index (χ4n) is 2.24. The van der Waals surface area contributed by atoms with E-state index in [0.717, 1.165) is 12.8 Å². The molecule has 3 rings (SSSR count). The molecule has 9 heteroatoms. The van der Waals surface area contributed by atoms with Gasteiger partial charge < -0.3 is 20.3 Å². The number of halogens is 3. The van der Waals surface area contributed by atoms with E-state index in [2.05, 4.69) is 10.5 Å². The second kappa shape index (κ2) is 8.76. The number of nitrogens with zero attached hydrogens (tertiary/aromatic N) is 1. The van der Waals surface area contributed by atoms with Crippen LogP contribution in [-0.4, -0.2) is 23.7 Å². The molecule has 1 saturated carbocycles. The summed E-state index contributed by atoms with van der Waals surface area (Å²) < 4.78 is 10.6. The fraction of sp³-hybridized carbons (Fsp3) is 0.375. The summed E-state index contributed by atoms with van der Waals surface area (Å²) in [6.07, 6.45) is 2.26. The average molecular weight is 407 g/mol. The van der Waals surface area contributed by atoms with E-state index in [1.165, 1.54) is 6.07 Å². The highest BCUT2D eigenvalue weighted by molar-refractivity contribution is 6.37. The number of carbonyl (C=O) groups is 1. The zero-order chi connectivity index (χ0) is 17.1. The maximum absolute atomic E-state index is 12.0. The summed E-state index contributed by atoms with van der Waals surface area (Å²) in [5, 5.41) is 7.29. The lowest BCUT2D eigenvalue weighted by Crippen LogP contribution is -2.38. The van der Waals surface area contributed by atoms with E-state index in [-0.39, 0.29) is 36.7 Å². The highest BCUT2D eigenvalue weighted by atomic mass is 35.5. The predicted molar refractivity (Wildman–Crippen MR) is 97.6 cm³/mol. The van der Waals surface area contributed by atoms with Crippen molar-refractivity contribution in [3.8, 4) is 5.75 Å². The first-order valence-corrected chi connectivity index (χ1v) is 8.36. The van der Waals surface area contributed by atoms with E-state index < -0.39 is 0 Å². The van der Waals surface area contributed by atoms with Crippen LogP contribution in [0.4, 0.5) is 0 Å². The lowest BCUT2D eigenvalue weighted by Gasteiger charge is -2.10. The molecule has 1 aromatic heterocycles. The highest BCUT2D eigenvalue weighted by Crippen LogP contribution is 2.33. The van der Waals surface area contributed by atoms with Gasteiger partial charge in [0.05, 0.1) is 10.0 Å². The van der Waals surface area contributed by atoms with Crippen molar-refractivity contribution in [3.63, 3.8) is 0 Å². The van der Waals surface area contributed by atoms with Crippen molar-refractivity contribution in [1.29, 1.82) is 0 Å². The van der Waals surface area contributed by atoms with Crippen LogP contribution in [0.3, 0.4) is 0 Å². The van der Waals surface area contributed by atoms with Crippen LogP contribution in [0.25, 0.3) is 0 Å². The molecule has 1 unspecified atom stereocenters. The van der Waals surface area contributed by atoms with Gasteiger partial charge in [-0.2, -0.15) is 0 Å². The van der Waals surface area contributed by atoms with Gasteiger partial charge in [-0.25, -0.2) is 0 Å². The molecule has 136 valence electrons. The average Bonchev–Trinajstić information content (AvgIpc) is 3.31. The molecule has 1 heterocycles. The van der Waals surface area contributed by atoms with Crippen molar-refractivity contribution < 1.29 is 14.1 Å². The van der Waals surface area contributed by atoms with Gasteiger partial charge in [0.25, 0.3) is 5.91 Å². The van der Waals surface area contributed by atoms with Gasteiger partial charge in [0.1, 0.15) is 6.61 Å². The molecule has 25 heavy (non-hydrogen) atoms. The number of amides is 1. The first kappa shape index (κ1) is 19.8. The fourth-order valence-corrected chi connectivity index (χ4v) is 2.75. The molecule has 1 amide bonds. The maximum atomic E-state index is 12.0. The summed E-state index contributed by atoms with van der Waals surface area (Å²) in [5.74, 6) is 0.949. The second-order valence-corrected chi connectivity index (χ2v) is 6.54. The number of benzene rings is 1. The number of carbonyl (C=O) groups excluding carboxylic acids is 1. The Morgan fingerprint density at radius 1 is 1.40 bits per heavy atom. The van der Waals surface area contributed by atoms with Crippen molar-refractivity contribution in [2.24, 2.45) is 11.7 Å². The third kappa shape index (κ3) is 5.25. The Morgan fingerprint density at radius 3 is 2.72 bits per heavy atom. The standard InChI is InChI=1S/C16H17Cl2N3O3.ClH/c17-11-2-1-3-12(18)15(11)23-8-10-6-14(21-24-10)16(22)20-7-13(19)9-4-5-9;/h1-3,6,9,13H,4-5,7-8,19H2,(H,20,22);1H. The summed E-state index contributed by atoms with van der Waals surface area (Å²) in [6, 6.07) is 6.57. The molecule has 1 fully saturated rings. The van der Waals surface area contributed by atoms with Crippen molar-refractivity contribution in [3.05, 3.63) is 45.8 Å². The molecule has 1 atom stereocenters. The molecule has 1 aromatic carbocycles. The van der Waals surface area contributed by atoms with Crippen LogP contribution >= 0.6 is 35.6 Å². The quantitative estimate of drug-likeness (QED) is 0.735. The Labute approximate surface area is 161 Å². The Balaban J connectivity index is 0.00000225. The summed E-state index contributed by atoms with van der Waals surface area (Å²) in [6.45, 7) is 0.489. The molecular formula is C16H18Cl3N3O3. The van der Waals surface area contributed by atoms with Gasteiger partial charge in [0.15, 0.2) is 17.2 Å². The van der Waals surface area contributed by atoms with Gasteiger partial charge in [-0.1, -0.05) is 34.4 Å². The van der Waals surface area contributed by atoms with Crippen LogP contribution in [0, 0.1) is 5.92 Å². The van der Waals surface area contributed by atoms with E-state index in [0.29, 0.717) is 34.0 Å². The minimum absolute atomic E-state index is 0. The highest BCUT2D eigenvalue weighted by Gasteiger charge is 2.28. The van der Waals surface area contributed by atoms with Crippen LogP contribution < -0.4 is 15.8 Å². The number of para-hydroxylation sites is 1.